The monoisotopic (exact) mass is 1970 g/mol. The SMILES string of the molecule is CC(C)C(=O)Nc1nc2c(ncn2[C@@H]2O[C@@H]3COP(=S)(OCCC#N)O[C@H]4C[C@H](n5cnc6c(NC(=O)c7ccccc7)ncnc65)O[C@@H]4COP(S)O[C@@H]2C3)c(=O)[nH]1.CC(C)C(=O)Nc1nc2c(ncn2[C@@H]2O[C@H](COP(=S)(OCCC#N)O[C@H]3C[C@H](n4cnc5c(NC(=O)c6ccccc6)ncnc54)O[C@@H]3COS)C[C@H]2OP=O)c(=O)[nH]1.[2H]P(C)P.[NH4+].c1cc[nH+]cc1. The van der Waals surface area contributed by atoms with Crippen molar-refractivity contribution in [1.82, 2.24) is 84.2 Å². The van der Waals surface area contributed by atoms with E-state index in [1.54, 1.807) is 91.4 Å². The summed E-state index contributed by atoms with van der Waals surface area (Å²) >= 11 is 20.4. The summed E-state index contributed by atoms with van der Waals surface area (Å²) in [6.45, 7) is 0.852. The van der Waals surface area contributed by atoms with Crippen LogP contribution in [-0.2, 0) is 102 Å². The van der Waals surface area contributed by atoms with E-state index >= 15 is 0 Å². The summed E-state index contributed by atoms with van der Waals surface area (Å²) in [7, 11) is -0.575. The number of quaternary nitrogens is 1. The van der Waals surface area contributed by atoms with Crippen molar-refractivity contribution in [2.75, 3.05) is 67.6 Å². The number of anilines is 4. The van der Waals surface area contributed by atoms with Crippen LogP contribution in [0.5, 0.6) is 0 Å². The van der Waals surface area contributed by atoms with E-state index in [1.165, 1.54) is 47.1 Å². The molecule has 2 aromatic carbocycles. The molecule has 5 fully saturated rings. The quantitative estimate of drug-likeness (QED) is 0.00999. The number of aromatic amines is 3. The average molecular weight is 1970 g/mol. The van der Waals surface area contributed by atoms with Gasteiger partial charge in [-0.1, -0.05) is 82.4 Å². The van der Waals surface area contributed by atoms with Gasteiger partial charge in [-0.2, -0.15) is 20.5 Å². The van der Waals surface area contributed by atoms with E-state index in [-0.39, 0.29) is 166 Å². The van der Waals surface area contributed by atoms with Crippen molar-refractivity contribution < 1.29 is 92.6 Å². The normalized spacial score (nSPS) is 23.9. The molecule has 14 heterocycles. The van der Waals surface area contributed by atoms with Crippen molar-refractivity contribution >= 4 is 187 Å². The van der Waals surface area contributed by atoms with Gasteiger partial charge in [-0.05, 0) is 67.5 Å². The van der Waals surface area contributed by atoms with Crippen molar-refractivity contribution in [3.05, 3.63) is 161 Å². The zero-order valence-corrected chi connectivity index (χ0v) is 78.5. The predicted octanol–water partition coefficient (Wildman–Crippen LogP) is 10.9. The molecule has 11 aromatic rings. The maximum absolute atomic E-state index is 13.0. The minimum Gasteiger partial charge on any atom is -0.369 e. The number of carbonyl (C=O) groups excluding carboxylic acids is 4. The van der Waals surface area contributed by atoms with E-state index in [9.17, 15) is 43.9 Å². The summed E-state index contributed by atoms with van der Waals surface area (Å²) in [6.07, 6.45) is 3.74. The number of nitriles is 2. The number of pyridine rings is 1. The first kappa shape index (κ1) is 97.6. The van der Waals surface area contributed by atoms with E-state index < -0.39 is 123 Å². The Labute approximate surface area is 764 Å². The van der Waals surface area contributed by atoms with Gasteiger partial charge in [0.05, 0.1) is 110 Å². The van der Waals surface area contributed by atoms with Gasteiger partial charge in [0.1, 0.15) is 55.6 Å². The molecule has 129 heavy (non-hydrogen) atoms. The Morgan fingerprint density at radius 1 is 0.682 bits per heavy atom. The van der Waals surface area contributed by atoms with Crippen LogP contribution < -0.4 is 43.5 Å². The van der Waals surface area contributed by atoms with E-state index in [2.05, 4.69) is 120 Å². The van der Waals surface area contributed by atoms with Gasteiger partial charge in [-0.3, -0.25) is 72.2 Å². The summed E-state index contributed by atoms with van der Waals surface area (Å²) in [4.78, 5) is 128. The van der Waals surface area contributed by atoms with Gasteiger partial charge in [0.25, 0.3) is 22.9 Å². The molecule has 5 unspecified atom stereocenters. The number of imidazole rings is 4. The van der Waals surface area contributed by atoms with Gasteiger partial charge in [-0.15, -0.1) is 17.1 Å². The highest BCUT2D eigenvalue weighted by Crippen LogP contribution is 2.58. The summed E-state index contributed by atoms with van der Waals surface area (Å²) in [6, 6.07) is 27.3. The lowest BCUT2D eigenvalue weighted by molar-refractivity contribution is -0.378. The number of nitrogens with one attached hydrogen (secondary N) is 7. The molecule has 0 saturated carbocycles. The number of nitrogens with zero attached hydrogens (tertiary/aromatic N) is 16. The zero-order valence-electron chi connectivity index (χ0n) is 70.4. The smallest absolute Gasteiger partial charge is 0.327 e. The number of hydrogen-bond acceptors (Lipinski definition) is 37. The first-order chi connectivity index (χ1) is 62.2. The number of carbonyl (C=O) groups is 4. The fourth-order valence-electron chi connectivity index (χ4n) is 13.3. The number of amides is 4. The Morgan fingerprint density at radius 3 is 1.74 bits per heavy atom. The molecule has 0 aliphatic carbocycles. The Kier molecular flexibility index (Phi) is 35.5. The third kappa shape index (κ3) is 25.3. The lowest BCUT2D eigenvalue weighted by Gasteiger charge is -2.28. The van der Waals surface area contributed by atoms with E-state index in [0.717, 1.165) is 0 Å². The molecule has 45 nitrogen and oxygen atoms in total. The van der Waals surface area contributed by atoms with Crippen molar-refractivity contribution in [1.29, 1.82) is 11.8 Å². The van der Waals surface area contributed by atoms with Gasteiger partial charge in [-0.25, -0.2) is 49.4 Å². The second-order valence-electron chi connectivity index (χ2n) is 28.8. The molecule has 5 aliphatic rings. The number of ether oxygens (including phenoxy) is 4. The fourth-order valence-corrected chi connectivity index (χ4v) is 19.4. The van der Waals surface area contributed by atoms with Crippen LogP contribution in [0.2, 0.25) is 0 Å². The summed E-state index contributed by atoms with van der Waals surface area (Å²) in [5.74, 6) is -1.92. The number of hydrogen-bond donors (Lipinski definition) is 9. The fraction of sp³-hybridized carbons (Fsp3) is 0.419. The highest BCUT2D eigenvalue weighted by Gasteiger charge is 2.48. The third-order valence-corrected chi connectivity index (χ3v) is 26.1. The van der Waals surface area contributed by atoms with Gasteiger partial charge in [0.2, 0.25) is 31.3 Å². The molecule has 55 heteroatoms. The van der Waals surface area contributed by atoms with Crippen LogP contribution in [0.4, 0.5) is 23.5 Å². The number of fused-ring (bicyclic) bond motifs is 7. The van der Waals surface area contributed by atoms with Crippen molar-refractivity contribution in [3.63, 3.8) is 0 Å². The Bertz CT molecular complexity index is 6030. The highest BCUT2D eigenvalue weighted by molar-refractivity contribution is 8.42. The second-order valence-corrected chi connectivity index (χ2v) is 39.3. The largest absolute Gasteiger partial charge is 0.369 e. The molecular weight excluding hydrogens is 1880 g/mol. The minimum absolute atomic E-state index is 0. The Hall–Kier alpha value is -8.96. The van der Waals surface area contributed by atoms with E-state index in [0.29, 0.717) is 33.5 Å². The topological polar surface area (TPSA) is 575 Å². The van der Waals surface area contributed by atoms with Crippen LogP contribution in [0.1, 0.15) is 112 Å². The number of thiol groups is 2. The highest BCUT2D eigenvalue weighted by atomic mass is 32.7. The molecule has 5 aliphatic heterocycles. The minimum atomic E-state index is -3.68. The molecule has 9 aromatic heterocycles. The van der Waals surface area contributed by atoms with Crippen LogP contribution >= 0.6 is 72.0 Å². The molecule has 11 N–H and O–H groups in total. The Balaban J connectivity index is 0.000000211. The van der Waals surface area contributed by atoms with Crippen LogP contribution in [0.3, 0.4) is 0 Å². The summed E-state index contributed by atoms with van der Waals surface area (Å²) in [5.41, 5.74) is 1.35. The molecular formula is C74H90N24O21P6S4+2. The van der Waals surface area contributed by atoms with Crippen LogP contribution in [0, 0.1) is 34.5 Å². The van der Waals surface area contributed by atoms with E-state index in [4.69, 9.17) is 88.7 Å². The van der Waals surface area contributed by atoms with Gasteiger partial charge >= 0.3 is 22.1 Å². The molecule has 2 bridgehead atoms. The summed E-state index contributed by atoms with van der Waals surface area (Å²) < 4.78 is 111. The number of H-pyrrole nitrogens is 3. The lowest BCUT2D eigenvalue weighted by atomic mass is 10.2. The maximum atomic E-state index is 13.0. The van der Waals surface area contributed by atoms with Crippen molar-refractivity contribution in [3.8, 4) is 12.1 Å². The van der Waals surface area contributed by atoms with Crippen molar-refractivity contribution in [2.45, 2.75) is 140 Å². The molecule has 0 radical (unpaired) electrons. The Morgan fingerprint density at radius 2 is 1.22 bits per heavy atom. The zero-order chi connectivity index (χ0) is 91.5. The molecule has 0 spiro atoms. The van der Waals surface area contributed by atoms with Gasteiger partial charge < -0.3 is 76.1 Å². The van der Waals surface area contributed by atoms with E-state index in [1.807, 2.05) is 55.5 Å². The predicted molar refractivity (Wildman–Crippen MR) is 486 cm³/mol. The van der Waals surface area contributed by atoms with Crippen LogP contribution in [0.15, 0.2) is 139 Å². The molecule has 5 saturated heterocycles. The average Bonchev–Trinajstić information content (AvgIpc) is 1.61. The first-order valence-corrected chi connectivity index (χ1v) is 50.8. The third-order valence-electron chi connectivity index (χ3n) is 19.4. The standard InChI is InChI=1S/C34H37N11O11P2S2.C34H37N11O10P2S2.C5H5N.CH6P2.H3N/c1-18(2)30(46)42-34-41-29-26(32(48)43-34)39-17-45(29)33-22(55-57-49)11-20(53-33)13-51-58(60,50-10-6-9-35)56-21-12-24(54-23(21)14-52-59)44-16-38-25-27(36-15-37-28(25)44)40-31(47)19-7-4-3-5-8-19;1-18(2)30(46)42-34-41-29-26(32(48)43-34)39-17-45(29)33-22-11-20(52-33)13-51-57(59,50-10-6-9-35)55-21-12-24(53-23(21)14-49-56(58)54-22)44-16-38-25-27(36-15-37-28(25)44)40-31(47)19-7-4-3-5-8-19;1-2-4-6-5-3-1;1-3-2;/h3-5,7-8,15-18,20-24,33,59H,6,10-14H2,1-2H3,(H,36,37,40,47)(H2,41,42,43,46,48);3-5,7-8,15-18,20-24,33,58H,6,10-14H2,1-2H3,(H,36,37,40,47)(H2,41,42,43,46,48);1-5H;3H,2H2,1H3;1H3/p+2/t20-,21-,22+,23+,24+,33+,58?;20-,21-,22+,23+,24+,33+,56?,57?;;;/m00.../s1/i;;;3D;. The number of rotatable bonds is 27. The number of benzene rings is 2. The van der Waals surface area contributed by atoms with Gasteiger partial charge in [0, 0.05) is 60.8 Å². The van der Waals surface area contributed by atoms with Gasteiger partial charge in [0.15, 0.2) is 81.1 Å². The number of aromatic nitrogens is 17. The first-order valence-electron chi connectivity index (χ1n) is 39.7. The second kappa shape index (κ2) is 46.9. The molecule has 17 atom stereocenters. The maximum Gasteiger partial charge on any atom is 0.327 e. The van der Waals surface area contributed by atoms with Crippen molar-refractivity contribution in [2.24, 2.45) is 11.8 Å². The van der Waals surface area contributed by atoms with Crippen LogP contribution in [0.25, 0.3) is 44.7 Å². The molecule has 4 amide bonds. The summed E-state index contributed by atoms with van der Waals surface area (Å²) in [5, 5.41) is 29.3. The molecule has 684 valence electrons. The lowest BCUT2D eigenvalue weighted by Crippen LogP contribution is -2.29. The molecule has 16 rings (SSSR count). The van der Waals surface area contributed by atoms with Crippen LogP contribution in [-0.4, -0.2) is 198 Å².